The summed E-state index contributed by atoms with van der Waals surface area (Å²) in [5, 5.41) is 27.6. The number of ketones is 3. The minimum absolute atomic E-state index is 0.00145. The Morgan fingerprint density at radius 2 is 1.64 bits per heavy atom. The molecule has 0 unspecified atom stereocenters. The number of nitrogens with one attached hydrogen (secondary N) is 2. The van der Waals surface area contributed by atoms with Crippen LogP contribution in [0.25, 0.3) is 0 Å². The number of rotatable bonds is 14. The Morgan fingerprint density at radius 1 is 0.939 bits per heavy atom. The fourth-order valence-electron chi connectivity index (χ4n) is 11.8. The number of hydrogen-bond donors (Lipinski definition) is 4. The number of anilines is 1. The van der Waals surface area contributed by atoms with E-state index in [1.165, 1.54) is 26.0 Å². The van der Waals surface area contributed by atoms with E-state index < -0.39 is 112 Å². The number of aliphatic hydroxyl groups is 2. The van der Waals surface area contributed by atoms with Gasteiger partial charge in [-0.1, -0.05) is 63.2 Å². The lowest BCUT2D eigenvalue weighted by atomic mass is 9.44. The van der Waals surface area contributed by atoms with Crippen LogP contribution in [0.1, 0.15) is 95.6 Å². The molecule has 16 heteroatoms. The van der Waals surface area contributed by atoms with Gasteiger partial charge in [-0.3, -0.25) is 38.5 Å². The van der Waals surface area contributed by atoms with E-state index in [0.717, 1.165) is 34.3 Å². The number of aliphatic hydroxyl groups excluding tert-OH is 2. The summed E-state index contributed by atoms with van der Waals surface area (Å²) in [6, 6.07) is 13.7. The van der Waals surface area contributed by atoms with Crippen molar-refractivity contribution in [3.8, 4) is 0 Å². The van der Waals surface area contributed by atoms with Crippen molar-refractivity contribution in [2.45, 2.75) is 115 Å². The van der Waals surface area contributed by atoms with Crippen molar-refractivity contribution in [2.75, 3.05) is 18.5 Å². The zero-order valence-electron chi connectivity index (χ0n) is 37.4. The summed E-state index contributed by atoms with van der Waals surface area (Å²) in [6.07, 6.45) is -0.0884. The molecule has 4 fully saturated rings. The lowest BCUT2D eigenvalue weighted by molar-refractivity contribution is -0.235. The van der Waals surface area contributed by atoms with Gasteiger partial charge in [0.2, 0.25) is 11.8 Å². The second kappa shape index (κ2) is 17.3. The third-order valence-corrected chi connectivity index (χ3v) is 15.6. The van der Waals surface area contributed by atoms with Crippen LogP contribution in [0.2, 0.25) is 0 Å². The molecule has 4 aliphatic carbocycles. The zero-order valence-corrected chi connectivity index (χ0v) is 37.4. The number of hydrogen-bond acceptors (Lipinski definition) is 11. The first-order valence-electron chi connectivity index (χ1n) is 22.5. The van der Waals surface area contributed by atoms with E-state index >= 15 is 8.78 Å². The molecule has 2 heterocycles. The molecule has 6 aliphatic rings. The highest BCUT2D eigenvalue weighted by molar-refractivity contribution is 6.13. The molecule has 14 nitrogen and oxygen atoms in total. The third kappa shape index (κ3) is 7.49. The van der Waals surface area contributed by atoms with Gasteiger partial charge in [0.05, 0.1) is 18.2 Å². The van der Waals surface area contributed by atoms with Crippen LogP contribution in [0.15, 0.2) is 84.5 Å². The summed E-state index contributed by atoms with van der Waals surface area (Å²) in [7, 11) is 0. The summed E-state index contributed by atoms with van der Waals surface area (Å²) >= 11 is 0. The maximum atomic E-state index is 17.8. The number of carbonyl (C=O) groups excluding carboxylic acids is 7. The van der Waals surface area contributed by atoms with Gasteiger partial charge in [0.1, 0.15) is 12.8 Å². The van der Waals surface area contributed by atoms with Crippen LogP contribution in [0.3, 0.4) is 0 Å². The van der Waals surface area contributed by atoms with Crippen LogP contribution in [-0.4, -0.2) is 105 Å². The predicted octanol–water partition coefficient (Wildman–Crippen LogP) is 4.83. The highest BCUT2D eigenvalue weighted by atomic mass is 19.1. The van der Waals surface area contributed by atoms with Crippen LogP contribution in [-0.2, 0) is 43.0 Å². The molecule has 1 saturated heterocycles. The first kappa shape index (κ1) is 47.0. The van der Waals surface area contributed by atoms with E-state index in [2.05, 4.69) is 10.6 Å². The number of nitrogens with zero attached hydrogens (tertiary/aromatic N) is 1. The molecule has 0 aromatic heterocycles. The molecule has 4 amide bonds. The van der Waals surface area contributed by atoms with E-state index in [1.54, 1.807) is 38.1 Å². The van der Waals surface area contributed by atoms with Crippen LogP contribution in [0, 0.1) is 28.6 Å². The minimum atomic E-state index is -2.36. The first-order valence-corrected chi connectivity index (χ1v) is 22.5. The monoisotopic (exact) mass is 911 g/mol. The summed E-state index contributed by atoms with van der Waals surface area (Å²) < 4.78 is 46.9. The predicted molar refractivity (Wildman–Crippen MR) is 233 cm³/mol. The molecule has 3 saturated carbocycles. The van der Waals surface area contributed by atoms with Crippen LogP contribution in [0.5, 0.6) is 0 Å². The number of amides is 4. The zero-order chi connectivity index (χ0) is 47.7. The highest BCUT2D eigenvalue weighted by Crippen LogP contribution is 2.72. The number of halogens is 2. The molecular formula is C50H55F2N3O11. The third-order valence-electron chi connectivity index (χ3n) is 15.6. The molecule has 350 valence electrons. The number of carbonyl (C=O) groups is 7. The second-order valence-corrected chi connectivity index (χ2v) is 19.3. The van der Waals surface area contributed by atoms with Gasteiger partial charge in [0.15, 0.2) is 34.9 Å². The number of benzene rings is 2. The van der Waals surface area contributed by atoms with Crippen LogP contribution >= 0.6 is 0 Å². The molecule has 0 spiro atoms. The molecule has 13 atom stereocenters. The topological polar surface area (TPSA) is 206 Å². The van der Waals surface area contributed by atoms with E-state index in [4.69, 9.17) is 9.47 Å². The van der Waals surface area contributed by atoms with Crippen molar-refractivity contribution in [3.63, 3.8) is 0 Å². The Morgan fingerprint density at radius 3 is 2.32 bits per heavy atom. The molecule has 2 aliphatic heterocycles. The van der Waals surface area contributed by atoms with Gasteiger partial charge in [0.25, 0.3) is 11.8 Å². The van der Waals surface area contributed by atoms with Crippen LogP contribution < -0.4 is 10.6 Å². The molecule has 0 radical (unpaired) electrons. The highest BCUT2D eigenvalue weighted by Gasteiger charge is 2.80. The van der Waals surface area contributed by atoms with Crippen molar-refractivity contribution in [2.24, 2.45) is 28.6 Å². The summed E-state index contributed by atoms with van der Waals surface area (Å²) in [5.74, 6) is -6.03. The molecule has 4 N–H and O–H groups in total. The number of fused-ring (bicyclic) bond motifs is 7. The summed E-state index contributed by atoms with van der Waals surface area (Å²) in [4.78, 5) is 89.2. The van der Waals surface area contributed by atoms with E-state index in [1.807, 2.05) is 31.2 Å². The lowest BCUT2D eigenvalue weighted by Gasteiger charge is -2.63. The largest absolute Gasteiger partial charge is 0.390 e. The number of imide groups is 1. The standard InChI is InChI=1S/C50H55F2N3O11/c1-26(19-38(58)28(3)53-42(61)16-18-55-43(62)13-14-44(55)63)45(64)54-32-8-6-7-31(20-32)27(2)29-9-11-30(12-10-29)46-65-41-23-34-35-22-37(51)36-21-33(57)15-17-47(36,4)49(35,52)39(59)24-48(34,5)50(41,66-46)40(60)25-56/h6-15,17,20-21,26-28,34-35,37,39,41,46,56,59H,16,18-19,22-25H2,1-5H3,(H,53,61)(H,54,64)/t26-,27+,28+,34+,35+,37+,39+,41-,46-,47+,48+,49+,50-/m1/s1. The lowest BCUT2D eigenvalue weighted by Crippen LogP contribution is -2.70. The smallest absolute Gasteiger partial charge is 0.253 e. The van der Waals surface area contributed by atoms with E-state index in [-0.39, 0.29) is 55.9 Å². The van der Waals surface area contributed by atoms with Crippen molar-refractivity contribution >= 4 is 46.7 Å². The molecule has 2 aromatic rings. The molecule has 2 aromatic carbocycles. The molecular weight excluding hydrogens is 857 g/mol. The molecule has 0 bridgehead atoms. The van der Waals surface area contributed by atoms with Crippen LogP contribution in [0.4, 0.5) is 14.5 Å². The van der Waals surface area contributed by atoms with E-state index in [0.29, 0.717) is 11.3 Å². The van der Waals surface area contributed by atoms with Gasteiger partial charge in [-0.05, 0) is 80.0 Å². The van der Waals surface area contributed by atoms with Gasteiger partial charge in [-0.15, -0.1) is 0 Å². The average molecular weight is 912 g/mol. The summed E-state index contributed by atoms with van der Waals surface area (Å²) in [6.45, 7) is 7.34. The Hall–Kier alpha value is -5.55. The number of allylic oxidation sites excluding steroid dienone is 4. The molecule has 66 heavy (non-hydrogen) atoms. The van der Waals surface area contributed by atoms with Gasteiger partial charge >= 0.3 is 0 Å². The number of ether oxygens (including phenoxy) is 2. The SMILES string of the molecule is C[C@@H](c1ccc([C@@H]2O[C@@H]3C[C@H]4[C@@H]5C[C@H](F)C6=CC(=O)C=C[C@]6(C)[C@@]5(F)[C@@H](O)C[C@]4(C)[C@]3(C(=O)CO)O2)cc1)c1cccc(NC(=O)[C@H](C)CC(=O)[C@H](C)NC(=O)CCN2C(=O)C=CC2=O)c1. The second-order valence-electron chi connectivity index (χ2n) is 19.3. The maximum absolute atomic E-state index is 17.8. The fraction of sp³-hybridized carbons (Fsp3) is 0.500. The maximum Gasteiger partial charge on any atom is 0.253 e. The fourth-order valence-corrected chi connectivity index (χ4v) is 11.8. The van der Waals surface area contributed by atoms with Gasteiger partial charge in [0, 0.05) is 71.4 Å². The first-order chi connectivity index (χ1) is 31.2. The Bertz CT molecular complexity index is 2460. The van der Waals surface area contributed by atoms with Crippen molar-refractivity contribution in [1.29, 1.82) is 0 Å². The minimum Gasteiger partial charge on any atom is -0.390 e. The van der Waals surface area contributed by atoms with E-state index in [9.17, 15) is 43.8 Å². The Labute approximate surface area is 380 Å². The van der Waals surface area contributed by atoms with Gasteiger partial charge in [-0.2, -0.15) is 0 Å². The Balaban J connectivity index is 0.903. The molecule has 8 rings (SSSR count). The quantitative estimate of drug-likeness (QED) is 0.189. The number of alkyl halides is 2. The van der Waals surface area contributed by atoms with Gasteiger partial charge in [-0.25, -0.2) is 8.78 Å². The number of Topliss-reactive ketones (excluding diaryl/α,β-unsaturated/α-hetero) is 2. The Kier molecular flexibility index (Phi) is 12.3. The van der Waals surface area contributed by atoms with Crippen molar-refractivity contribution in [1.82, 2.24) is 10.2 Å². The average Bonchev–Trinajstić information content (AvgIpc) is 3.91. The van der Waals surface area contributed by atoms with Crippen molar-refractivity contribution in [3.05, 3.63) is 101 Å². The van der Waals surface area contributed by atoms with Crippen molar-refractivity contribution < 1.29 is 62.0 Å². The van der Waals surface area contributed by atoms with Gasteiger partial charge < -0.3 is 30.3 Å². The summed E-state index contributed by atoms with van der Waals surface area (Å²) in [5.41, 5.74) is -4.13. The normalized spacial score (nSPS) is 34.4.